The summed E-state index contributed by atoms with van der Waals surface area (Å²) in [7, 11) is 1.24. The molecular formula is C20H26N2O7. The third-order valence-electron chi connectivity index (χ3n) is 4.21. The van der Waals surface area contributed by atoms with Crippen molar-refractivity contribution in [2.75, 3.05) is 31.8 Å². The second-order valence-corrected chi connectivity index (χ2v) is 6.98. The van der Waals surface area contributed by atoms with Gasteiger partial charge in [-0.1, -0.05) is 26.0 Å². The molecule has 1 aromatic carbocycles. The quantitative estimate of drug-likeness (QED) is 0.642. The van der Waals surface area contributed by atoms with Gasteiger partial charge in [0.05, 0.1) is 25.8 Å². The molecule has 0 unspecified atom stereocenters. The highest BCUT2D eigenvalue weighted by atomic mass is 16.5. The van der Waals surface area contributed by atoms with Crippen LogP contribution in [-0.4, -0.2) is 56.7 Å². The zero-order valence-corrected chi connectivity index (χ0v) is 16.8. The second kappa shape index (κ2) is 10.4. The summed E-state index contributed by atoms with van der Waals surface area (Å²) >= 11 is 0. The number of esters is 2. The number of benzene rings is 1. The lowest BCUT2D eigenvalue weighted by Crippen LogP contribution is -2.44. The molecule has 1 heterocycles. The fourth-order valence-electron chi connectivity index (χ4n) is 2.88. The van der Waals surface area contributed by atoms with E-state index in [0.29, 0.717) is 17.9 Å². The minimum absolute atomic E-state index is 0.123. The monoisotopic (exact) mass is 406 g/mol. The number of amides is 2. The van der Waals surface area contributed by atoms with Crippen LogP contribution in [0.15, 0.2) is 24.3 Å². The lowest BCUT2D eigenvalue weighted by molar-refractivity contribution is -0.150. The topological polar surface area (TPSA) is 111 Å². The molecule has 158 valence electrons. The zero-order valence-electron chi connectivity index (χ0n) is 16.8. The molecule has 0 aromatic heterocycles. The lowest BCUT2D eigenvalue weighted by atomic mass is 10.0. The van der Waals surface area contributed by atoms with E-state index in [1.165, 1.54) is 12.0 Å². The van der Waals surface area contributed by atoms with Gasteiger partial charge in [0.2, 0.25) is 5.91 Å². The van der Waals surface area contributed by atoms with Crippen LogP contribution in [0.2, 0.25) is 0 Å². The fraction of sp³-hybridized carbons (Fsp3) is 0.500. The molecule has 1 aliphatic rings. The Balaban J connectivity index is 1.92. The Bertz CT molecular complexity index is 763. The van der Waals surface area contributed by atoms with Gasteiger partial charge in [0, 0.05) is 0 Å². The molecule has 2 amide bonds. The summed E-state index contributed by atoms with van der Waals surface area (Å²) in [5, 5.41) is 2.50. The van der Waals surface area contributed by atoms with Gasteiger partial charge in [-0.15, -0.1) is 0 Å². The standard InChI is InChI=1S/C20H26N2O7/c1-13(2)10-14(20(26)27-3)21-17(23)12-29-19(25)11-22-15-6-4-5-7-16(15)28-9-8-18(22)24/h4-7,13-14H,8-12H2,1-3H3,(H,21,23)/t14-/m1/s1. The van der Waals surface area contributed by atoms with Crippen LogP contribution in [0.25, 0.3) is 0 Å². The van der Waals surface area contributed by atoms with E-state index in [1.807, 2.05) is 13.8 Å². The summed E-state index contributed by atoms with van der Waals surface area (Å²) in [5.74, 6) is -1.56. The smallest absolute Gasteiger partial charge is 0.328 e. The maximum Gasteiger partial charge on any atom is 0.328 e. The Labute approximate surface area is 169 Å². The van der Waals surface area contributed by atoms with Crippen molar-refractivity contribution in [1.82, 2.24) is 5.32 Å². The van der Waals surface area contributed by atoms with E-state index in [4.69, 9.17) is 9.47 Å². The molecule has 0 fully saturated rings. The number of hydrogen-bond donors (Lipinski definition) is 1. The third kappa shape index (κ3) is 6.48. The number of carbonyl (C=O) groups is 4. The maximum atomic E-state index is 12.3. The van der Waals surface area contributed by atoms with E-state index >= 15 is 0 Å². The van der Waals surface area contributed by atoms with Gasteiger partial charge < -0.3 is 19.5 Å². The second-order valence-electron chi connectivity index (χ2n) is 6.98. The van der Waals surface area contributed by atoms with Gasteiger partial charge in [-0.25, -0.2) is 4.79 Å². The Kier molecular flexibility index (Phi) is 7.99. The predicted molar refractivity (Wildman–Crippen MR) is 103 cm³/mol. The van der Waals surface area contributed by atoms with Crippen LogP contribution in [0.5, 0.6) is 5.75 Å². The van der Waals surface area contributed by atoms with E-state index in [1.54, 1.807) is 24.3 Å². The number of nitrogens with zero attached hydrogens (tertiary/aromatic N) is 1. The van der Waals surface area contributed by atoms with E-state index in [2.05, 4.69) is 10.1 Å². The number of carbonyl (C=O) groups excluding carboxylic acids is 4. The zero-order chi connectivity index (χ0) is 21.4. The summed E-state index contributed by atoms with van der Waals surface area (Å²) in [5.41, 5.74) is 0.471. The number of para-hydroxylation sites is 2. The van der Waals surface area contributed by atoms with Gasteiger partial charge in [0.25, 0.3) is 5.91 Å². The van der Waals surface area contributed by atoms with Crippen LogP contribution in [0.1, 0.15) is 26.7 Å². The molecule has 9 heteroatoms. The van der Waals surface area contributed by atoms with Crippen LogP contribution >= 0.6 is 0 Å². The van der Waals surface area contributed by atoms with Crippen LogP contribution in [0.3, 0.4) is 0 Å². The number of nitrogens with one attached hydrogen (secondary N) is 1. The Morgan fingerprint density at radius 3 is 2.66 bits per heavy atom. The molecule has 9 nitrogen and oxygen atoms in total. The van der Waals surface area contributed by atoms with Gasteiger partial charge >= 0.3 is 11.9 Å². The molecule has 2 rings (SSSR count). The molecule has 1 aliphatic heterocycles. The number of rotatable bonds is 8. The molecule has 0 saturated carbocycles. The Morgan fingerprint density at radius 1 is 1.24 bits per heavy atom. The van der Waals surface area contributed by atoms with Crippen molar-refractivity contribution < 1.29 is 33.4 Å². The molecule has 1 aromatic rings. The van der Waals surface area contributed by atoms with Gasteiger partial charge in [-0.3, -0.25) is 19.3 Å². The normalized spacial score (nSPS) is 14.3. The van der Waals surface area contributed by atoms with Gasteiger partial charge in [0.1, 0.15) is 18.3 Å². The SMILES string of the molecule is COC(=O)[C@@H](CC(C)C)NC(=O)COC(=O)CN1C(=O)CCOc2ccccc21. The summed E-state index contributed by atoms with van der Waals surface area (Å²) in [6.07, 6.45) is 0.518. The maximum absolute atomic E-state index is 12.3. The minimum Gasteiger partial charge on any atom is -0.491 e. The van der Waals surface area contributed by atoms with Crippen LogP contribution < -0.4 is 15.0 Å². The minimum atomic E-state index is -0.817. The lowest BCUT2D eigenvalue weighted by Gasteiger charge is -2.21. The Hall–Kier alpha value is -3.10. The van der Waals surface area contributed by atoms with E-state index in [-0.39, 0.29) is 31.4 Å². The molecule has 1 atom stereocenters. The molecule has 0 bridgehead atoms. The van der Waals surface area contributed by atoms with Crippen molar-refractivity contribution in [3.05, 3.63) is 24.3 Å². The molecule has 0 aliphatic carbocycles. The van der Waals surface area contributed by atoms with E-state index in [9.17, 15) is 19.2 Å². The van der Waals surface area contributed by atoms with E-state index in [0.717, 1.165) is 0 Å². The number of hydrogen-bond acceptors (Lipinski definition) is 7. The van der Waals surface area contributed by atoms with Crippen molar-refractivity contribution in [3.8, 4) is 5.75 Å². The summed E-state index contributed by atoms with van der Waals surface area (Å²) < 4.78 is 15.2. The van der Waals surface area contributed by atoms with Crippen molar-refractivity contribution in [1.29, 1.82) is 0 Å². The number of methoxy groups -OCH3 is 1. The number of ether oxygens (including phenoxy) is 3. The molecule has 29 heavy (non-hydrogen) atoms. The largest absolute Gasteiger partial charge is 0.491 e. The molecular weight excluding hydrogens is 380 g/mol. The molecule has 0 saturated heterocycles. The summed E-state index contributed by atoms with van der Waals surface area (Å²) in [6.45, 7) is 3.11. The number of anilines is 1. The van der Waals surface area contributed by atoms with Crippen molar-refractivity contribution in [3.63, 3.8) is 0 Å². The van der Waals surface area contributed by atoms with Crippen molar-refractivity contribution in [2.24, 2.45) is 5.92 Å². The first-order valence-corrected chi connectivity index (χ1v) is 9.36. The first-order chi connectivity index (χ1) is 13.8. The van der Waals surface area contributed by atoms with Crippen LogP contribution in [0.4, 0.5) is 5.69 Å². The first-order valence-electron chi connectivity index (χ1n) is 9.36. The fourth-order valence-corrected chi connectivity index (χ4v) is 2.88. The third-order valence-corrected chi connectivity index (χ3v) is 4.21. The predicted octanol–water partition coefficient (Wildman–Crippen LogP) is 1.05. The average Bonchev–Trinajstić information content (AvgIpc) is 2.84. The van der Waals surface area contributed by atoms with Gasteiger partial charge in [-0.05, 0) is 24.5 Å². The highest BCUT2D eigenvalue weighted by Gasteiger charge is 2.27. The summed E-state index contributed by atoms with van der Waals surface area (Å²) in [6, 6.07) is 6.06. The van der Waals surface area contributed by atoms with Crippen LogP contribution in [0, 0.1) is 5.92 Å². The van der Waals surface area contributed by atoms with E-state index < -0.39 is 30.5 Å². The Morgan fingerprint density at radius 2 is 1.97 bits per heavy atom. The molecule has 1 N–H and O–H groups in total. The molecule has 0 spiro atoms. The number of fused-ring (bicyclic) bond motifs is 1. The highest BCUT2D eigenvalue weighted by molar-refractivity contribution is 5.99. The van der Waals surface area contributed by atoms with Crippen LogP contribution in [-0.2, 0) is 28.7 Å². The summed E-state index contributed by atoms with van der Waals surface area (Å²) in [4.78, 5) is 49.6. The highest BCUT2D eigenvalue weighted by Crippen LogP contribution is 2.30. The first kappa shape index (κ1) is 22.2. The van der Waals surface area contributed by atoms with Crippen molar-refractivity contribution in [2.45, 2.75) is 32.7 Å². The average molecular weight is 406 g/mol. The van der Waals surface area contributed by atoms with Gasteiger partial charge in [-0.2, -0.15) is 0 Å². The van der Waals surface area contributed by atoms with Crippen molar-refractivity contribution >= 4 is 29.4 Å². The van der Waals surface area contributed by atoms with Gasteiger partial charge in [0.15, 0.2) is 6.61 Å². The molecule has 0 radical (unpaired) electrons.